The van der Waals surface area contributed by atoms with Crippen LogP contribution in [0.1, 0.15) is 25.0 Å². The van der Waals surface area contributed by atoms with E-state index in [0.717, 1.165) is 80.3 Å². The Morgan fingerprint density at radius 3 is 2.73 bits per heavy atom. The summed E-state index contributed by atoms with van der Waals surface area (Å²) in [5, 5.41) is 3.36. The van der Waals surface area contributed by atoms with E-state index in [1.54, 1.807) is 7.11 Å². The summed E-state index contributed by atoms with van der Waals surface area (Å²) >= 11 is 0. The molecule has 4 rings (SSSR count). The molecule has 2 saturated heterocycles. The van der Waals surface area contributed by atoms with E-state index in [-0.39, 0.29) is 0 Å². The molecule has 140 valence electrons. The molecule has 6 nitrogen and oxygen atoms in total. The molecule has 3 heterocycles. The van der Waals surface area contributed by atoms with Crippen LogP contribution in [0.15, 0.2) is 18.2 Å². The number of rotatable bonds is 5. The van der Waals surface area contributed by atoms with Crippen LogP contribution >= 0.6 is 0 Å². The van der Waals surface area contributed by atoms with Crippen LogP contribution in [-0.2, 0) is 4.74 Å². The first kappa shape index (κ1) is 17.5. The van der Waals surface area contributed by atoms with Gasteiger partial charge in [-0.15, -0.1) is 0 Å². The number of anilines is 1. The molecule has 6 heteroatoms. The van der Waals surface area contributed by atoms with Gasteiger partial charge >= 0.3 is 0 Å². The molecular formula is C20H28N4O2. The van der Waals surface area contributed by atoms with Crippen molar-refractivity contribution in [2.45, 2.75) is 32.3 Å². The molecule has 0 bridgehead atoms. The Morgan fingerprint density at radius 1 is 1.15 bits per heavy atom. The lowest BCUT2D eigenvalue weighted by atomic mass is 9.97. The van der Waals surface area contributed by atoms with Crippen molar-refractivity contribution >= 4 is 16.9 Å². The maximum absolute atomic E-state index is 6.07. The Hall–Kier alpha value is -1.92. The molecule has 1 atom stereocenters. The number of methoxy groups -OCH3 is 1. The van der Waals surface area contributed by atoms with Gasteiger partial charge in [0.1, 0.15) is 5.75 Å². The van der Waals surface area contributed by atoms with Crippen LogP contribution < -0.4 is 15.0 Å². The number of piperidine rings is 1. The van der Waals surface area contributed by atoms with Gasteiger partial charge in [-0.2, -0.15) is 0 Å². The molecular weight excluding hydrogens is 328 g/mol. The molecule has 2 aliphatic rings. The average molecular weight is 356 g/mol. The first-order chi connectivity index (χ1) is 12.7. The lowest BCUT2D eigenvalue weighted by molar-refractivity contribution is 0.0353. The Kier molecular flexibility index (Phi) is 5.22. The molecule has 1 aromatic carbocycles. The van der Waals surface area contributed by atoms with E-state index in [0.29, 0.717) is 12.0 Å². The fourth-order valence-corrected chi connectivity index (χ4v) is 3.89. The van der Waals surface area contributed by atoms with E-state index in [2.05, 4.69) is 10.2 Å². The highest BCUT2D eigenvalue weighted by Gasteiger charge is 2.24. The molecule has 0 saturated carbocycles. The van der Waals surface area contributed by atoms with Crippen LogP contribution in [0, 0.1) is 12.8 Å². The Labute approximate surface area is 154 Å². The third-order valence-electron chi connectivity index (χ3n) is 5.52. The Morgan fingerprint density at radius 2 is 2.00 bits per heavy atom. The highest BCUT2D eigenvalue weighted by Crippen LogP contribution is 2.27. The van der Waals surface area contributed by atoms with Crippen molar-refractivity contribution in [2.24, 2.45) is 5.92 Å². The van der Waals surface area contributed by atoms with Crippen LogP contribution in [0.25, 0.3) is 11.0 Å². The molecule has 1 N–H and O–H groups in total. The molecule has 0 aliphatic carbocycles. The van der Waals surface area contributed by atoms with Crippen LogP contribution in [-0.4, -0.2) is 56.0 Å². The summed E-state index contributed by atoms with van der Waals surface area (Å²) in [5.74, 6) is 2.49. The number of aromatic nitrogens is 2. The van der Waals surface area contributed by atoms with Gasteiger partial charge in [-0.25, -0.2) is 9.97 Å². The SMILES string of the molecule is COc1ccc2nc(N3CCC(COC4CCNC4)CC3)c(C)nc2c1. The summed E-state index contributed by atoms with van der Waals surface area (Å²) < 4.78 is 11.4. The number of benzene rings is 1. The summed E-state index contributed by atoms with van der Waals surface area (Å²) in [5.41, 5.74) is 2.79. The van der Waals surface area contributed by atoms with E-state index in [4.69, 9.17) is 19.4 Å². The van der Waals surface area contributed by atoms with Gasteiger partial charge < -0.3 is 19.7 Å². The van der Waals surface area contributed by atoms with Crippen molar-refractivity contribution in [1.82, 2.24) is 15.3 Å². The van der Waals surface area contributed by atoms with Gasteiger partial charge in [0.25, 0.3) is 0 Å². The number of hydrogen-bond acceptors (Lipinski definition) is 6. The minimum Gasteiger partial charge on any atom is -0.497 e. The van der Waals surface area contributed by atoms with E-state index in [1.165, 1.54) is 0 Å². The number of fused-ring (bicyclic) bond motifs is 1. The van der Waals surface area contributed by atoms with Crippen LogP contribution in [0.2, 0.25) is 0 Å². The first-order valence-corrected chi connectivity index (χ1v) is 9.62. The van der Waals surface area contributed by atoms with Crippen LogP contribution in [0.3, 0.4) is 0 Å². The second-order valence-electron chi connectivity index (χ2n) is 7.37. The summed E-state index contributed by atoms with van der Waals surface area (Å²) in [7, 11) is 1.67. The molecule has 26 heavy (non-hydrogen) atoms. The Balaban J connectivity index is 1.39. The maximum atomic E-state index is 6.07. The fraction of sp³-hybridized carbons (Fsp3) is 0.600. The summed E-state index contributed by atoms with van der Waals surface area (Å²) in [4.78, 5) is 12.0. The maximum Gasteiger partial charge on any atom is 0.150 e. The van der Waals surface area contributed by atoms with Gasteiger partial charge in [-0.1, -0.05) is 0 Å². The number of hydrogen-bond donors (Lipinski definition) is 1. The lowest BCUT2D eigenvalue weighted by Gasteiger charge is -2.33. The zero-order valence-electron chi connectivity index (χ0n) is 15.7. The first-order valence-electron chi connectivity index (χ1n) is 9.62. The van der Waals surface area contributed by atoms with Gasteiger partial charge in [0.15, 0.2) is 5.82 Å². The number of aryl methyl sites for hydroxylation is 1. The van der Waals surface area contributed by atoms with Crippen LogP contribution in [0.5, 0.6) is 5.75 Å². The third kappa shape index (κ3) is 3.76. The highest BCUT2D eigenvalue weighted by molar-refractivity contribution is 5.78. The quantitative estimate of drug-likeness (QED) is 0.888. The van der Waals surface area contributed by atoms with Gasteiger partial charge in [-0.05, 0) is 50.8 Å². The number of nitrogens with zero attached hydrogens (tertiary/aromatic N) is 3. The van der Waals surface area contributed by atoms with Gasteiger partial charge in [0.2, 0.25) is 0 Å². The minimum atomic E-state index is 0.415. The van der Waals surface area contributed by atoms with Gasteiger partial charge in [0.05, 0.1) is 29.9 Å². The lowest BCUT2D eigenvalue weighted by Crippen LogP contribution is -2.36. The zero-order valence-corrected chi connectivity index (χ0v) is 15.7. The van der Waals surface area contributed by atoms with Crippen molar-refractivity contribution in [2.75, 3.05) is 44.8 Å². The van der Waals surface area contributed by atoms with Crippen molar-refractivity contribution in [1.29, 1.82) is 0 Å². The predicted octanol–water partition coefficient (Wildman–Crippen LogP) is 2.54. The molecule has 1 unspecified atom stereocenters. The second-order valence-corrected chi connectivity index (χ2v) is 7.37. The third-order valence-corrected chi connectivity index (χ3v) is 5.52. The molecule has 1 aromatic heterocycles. The number of ether oxygens (including phenoxy) is 2. The monoisotopic (exact) mass is 356 g/mol. The van der Waals surface area contributed by atoms with E-state index in [9.17, 15) is 0 Å². The molecule has 0 amide bonds. The molecule has 2 fully saturated rings. The standard InChI is InChI=1S/C20H28N4O2/c1-14-20(23-18-4-3-16(25-2)11-19(18)22-14)24-9-6-15(7-10-24)13-26-17-5-8-21-12-17/h3-4,11,15,17,21H,5-10,12-13H2,1-2H3. The van der Waals surface area contributed by atoms with Gasteiger partial charge in [0, 0.05) is 32.3 Å². The molecule has 0 spiro atoms. The Bertz CT molecular complexity index is 753. The predicted molar refractivity (Wildman–Crippen MR) is 103 cm³/mol. The van der Waals surface area contributed by atoms with Crippen molar-refractivity contribution in [3.8, 4) is 5.75 Å². The largest absolute Gasteiger partial charge is 0.497 e. The van der Waals surface area contributed by atoms with E-state index >= 15 is 0 Å². The molecule has 0 radical (unpaired) electrons. The van der Waals surface area contributed by atoms with Gasteiger partial charge in [-0.3, -0.25) is 0 Å². The van der Waals surface area contributed by atoms with E-state index < -0.39 is 0 Å². The smallest absolute Gasteiger partial charge is 0.150 e. The second kappa shape index (κ2) is 7.76. The fourth-order valence-electron chi connectivity index (χ4n) is 3.89. The molecule has 2 aromatic rings. The summed E-state index contributed by atoms with van der Waals surface area (Å²) in [6.07, 6.45) is 3.87. The van der Waals surface area contributed by atoms with Crippen molar-refractivity contribution in [3.05, 3.63) is 23.9 Å². The summed E-state index contributed by atoms with van der Waals surface area (Å²) in [6, 6.07) is 5.87. The zero-order chi connectivity index (χ0) is 17.9. The van der Waals surface area contributed by atoms with Crippen LogP contribution in [0.4, 0.5) is 5.82 Å². The van der Waals surface area contributed by atoms with Crippen molar-refractivity contribution in [3.63, 3.8) is 0 Å². The normalized spacial score (nSPS) is 21.5. The topological polar surface area (TPSA) is 59.5 Å². The summed E-state index contributed by atoms with van der Waals surface area (Å²) in [6.45, 7) is 7.08. The number of nitrogens with one attached hydrogen (secondary N) is 1. The highest BCUT2D eigenvalue weighted by atomic mass is 16.5. The van der Waals surface area contributed by atoms with Crippen molar-refractivity contribution < 1.29 is 9.47 Å². The molecule has 2 aliphatic heterocycles. The minimum absolute atomic E-state index is 0.415. The average Bonchev–Trinajstić information content (AvgIpc) is 3.19. The van der Waals surface area contributed by atoms with E-state index in [1.807, 2.05) is 25.1 Å².